The summed E-state index contributed by atoms with van der Waals surface area (Å²) in [7, 11) is 1.38. The number of rotatable bonds is 3. The van der Waals surface area contributed by atoms with Gasteiger partial charge in [0.15, 0.2) is 0 Å². The summed E-state index contributed by atoms with van der Waals surface area (Å²) in [5, 5.41) is 0. The molecule has 0 aromatic rings. The second-order valence-corrected chi connectivity index (χ2v) is 3.84. The molecule has 0 bridgehead atoms. The molecule has 0 aromatic heterocycles. The van der Waals surface area contributed by atoms with E-state index in [1.165, 1.54) is 32.8 Å². The van der Waals surface area contributed by atoms with Gasteiger partial charge < -0.3 is 15.4 Å². The summed E-state index contributed by atoms with van der Waals surface area (Å²) in [4.78, 5) is 13.4. The average molecular weight is 200 g/mol. The Balaban J connectivity index is 2.30. The van der Waals surface area contributed by atoms with Gasteiger partial charge in [0.05, 0.1) is 7.11 Å². The van der Waals surface area contributed by atoms with Crippen molar-refractivity contribution in [2.24, 2.45) is 5.73 Å². The number of likely N-dealkylation sites (tertiary alicyclic amines) is 1. The van der Waals surface area contributed by atoms with Crippen LogP contribution in [0.4, 0.5) is 0 Å². The quantitative estimate of drug-likeness (QED) is 0.668. The van der Waals surface area contributed by atoms with Gasteiger partial charge >= 0.3 is 5.97 Å². The van der Waals surface area contributed by atoms with E-state index in [2.05, 4.69) is 9.64 Å². The Labute approximate surface area is 85.4 Å². The lowest BCUT2D eigenvalue weighted by Gasteiger charge is -2.22. The van der Waals surface area contributed by atoms with Crippen molar-refractivity contribution in [1.82, 2.24) is 4.90 Å². The molecule has 1 fully saturated rings. The molecule has 0 amide bonds. The summed E-state index contributed by atoms with van der Waals surface area (Å²) in [6, 6.07) is -0.488. The van der Waals surface area contributed by atoms with Crippen LogP contribution >= 0.6 is 0 Å². The Morgan fingerprint density at radius 1 is 1.36 bits per heavy atom. The highest BCUT2D eigenvalue weighted by Gasteiger charge is 2.18. The SMILES string of the molecule is COC(=O)C(N)CN1CCCCCC1. The predicted octanol–water partition coefficient (Wildman–Crippen LogP) is 0.363. The first-order valence-electron chi connectivity index (χ1n) is 5.30. The number of hydrogen-bond donors (Lipinski definition) is 1. The summed E-state index contributed by atoms with van der Waals surface area (Å²) in [6.07, 6.45) is 5.02. The zero-order valence-corrected chi connectivity index (χ0v) is 8.87. The summed E-state index contributed by atoms with van der Waals surface area (Å²) >= 11 is 0. The summed E-state index contributed by atoms with van der Waals surface area (Å²) in [6.45, 7) is 2.75. The number of hydrogen-bond acceptors (Lipinski definition) is 4. The van der Waals surface area contributed by atoms with E-state index in [1.807, 2.05) is 0 Å². The number of ether oxygens (including phenoxy) is 1. The third kappa shape index (κ3) is 3.64. The number of nitrogens with two attached hydrogens (primary N) is 1. The first-order valence-corrected chi connectivity index (χ1v) is 5.30. The van der Waals surface area contributed by atoms with Crippen LogP contribution in [-0.2, 0) is 9.53 Å². The lowest BCUT2D eigenvalue weighted by molar-refractivity contribution is -0.142. The van der Waals surface area contributed by atoms with Crippen LogP contribution in [0.15, 0.2) is 0 Å². The van der Waals surface area contributed by atoms with Crippen LogP contribution in [0, 0.1) is 0 Å². The smallest absolute Gasteiger partial charge is 0.323 e. The maximum Gasteiger partial charge on any atom is 0.323 e. The molecular formula is C10H20N2O2. The Kier molecular flexibility index (Phi) is 4.90. The lowest BCUT2D eigenvalue weighted by atomic mass is 10.2. The van der Waals surface area contributed by atoms with Crippen molar-refractivity contribution in [3.05, 3.63) is 0 Å². The van der Waals surface area contributed by atoms with Gasteiger partial charge in [-0.1, -0.05) is 12.8 Å². The first-order chi connectivity index (χ1) is 6.74. The van der Waals surface area contributed by atoms with E-state index >= 15 is 0 Å². The molecule has 0 spiro atoms. The fourth-order valence-electron chi connectivity index (χ4n) is 1.82. The Morgan fingerprint density at radius 3 is 2.43 bits per heavy atom. The number of esters is 1. The van der Waals surface area contributed by atoms with Crippen LogP contribution in [0.1, 0.15) is 25.7 Å². The molecule has 1 saturated heterocycles. The molecule has 1 heterocycles. The van der Waals surface area contributed by atoms with Crippen molar-refractivity contribution in [3.63, 3.8) is 0 Å². The number of nitrogens with zero attached hydrogens (tertiary/aromatic N) is 1. The fraction of sp³-hybridized carbons (Fsp3) is 0.900. The standard InChI is InChI=1S/C10H20N2O2/c1-14-10(13)9(11)8-12-6-4-2-3-5-7-12/h9H,2-8,11H2,1H3. The maximum atomic E-state index is 11.1. The van der Waals surface area contributed by atoms with E-state index in [0.29, 0.717) is 6.54 Å². The van der Waals surface area contributed by atoms with Gasteiger partial charge in [-0.2, -0.15) is 0 Å². The Morgan fingerprint density at radius 2 is 1.93 bits per heavy atom. The average Bonchev–Trinajstić information content (AvgIpc) is 2.45. The number of carbonyl (C=O) groups excluding carboxylic acids is 1. The first kappa shape index (κ1) is 11.5. The van der Waals surface area contributed by atoms with E-state index < -0.39 is 6.04 Å². The molecule has 0 aliphatic carbocycles. The van der Waals surface area contributed by atoms with E-state index in [0.717, 1.165) is 13.1 Å². The van der Waals surface area contributed by atoms with Crippen molar-refractivity contribution in [2.45, 2.75) is 31.7 Å². The molecular weight excluding hydrogens is 180 g/mol. The summed E-state index contributed by atoms with van der Waals surface area (Å²) in [5.74, 6) is -0.311. The largest absolute Gasteiger partial charge is 0.468 e. The van der Waals surface area contributed by atoms with Gasteiger partial charge in [-0.15, -0.1) is 0 Å². The highest BCUT2D eigenvalue weighted by molar-refractivity contribution is 5.75. The van der Waals surface area contributed by atoms with Crippen LogP contribution in [-0.4, -0.2) is 43.7 Å². The number of methoxy groups -OCH3 is 1. The molecule has 14 heavy (non-hydrogen) atoms. The third-order valence-corrected chi connectivity index (χ3v) is 2.66. The fourth-order valence-corrected chi connectivity index (χ4v) is 1.82. The van der Waals surface area contributed by atoms with E-state index in [9.17, 15) is 4.79 Å². The van der Waals surface area contributed by atoms with Gasteiger partial charge in [-0.05, 0) is 25.9 Å². The van der Waals surface area contributed by atoms with Gasteiger partial charge in [0.2, 0.25) is 0 Å². The molecule has 1 rings (SSSR count). The van der Waals surface area contributed by atoms with Crippen LogP contribution in [0.5, 0.6) is 0 Å². The van der Waals surface area contributed by atoms with Crippen LogP contribution in [0.3, 0.4) is 0 Å². The molecule has 0 aromatic carbocycles. The van der Waals surface area contributed by atoms with Crippen LogP contribution < -0.4 is 5.73 Å². The molecule has 4 nitrogen and oxygen atoms in total. The minimum atomic E-state index is -0.488. The van der Waals surface area contributed by atoms with Gasteiger partial charge in [0.25, 0.3) is 0 Å². The minimum Gasteiger partial charge on any atom is -0.468 e. The van der Waals surface area contributed by atoms with Crippen molar-refractivity contribution in [1.29, 1.82) is 0 Å². The molecule has 1 unspecified atom stereocenters. The third-order valence-electron chi connectivity index (χ3n) is 2.66. The molecule has 1 aliphatic rings. The van der Waals surface area contributed by atoms with Crippen molar-refractivity contribution >= 4 is 5.97 Å². The molecule has 0 saturated carbocycles. The van der Waals surface area contributed by atoms with Crippen molar-refractivity contribution < 1.29 is 9.53 Å². The van der Waals surface area contributed by atoms with Gasteiger partial charge in [-0.3, -0.25) is 4.79 Å². The molecule has 82 valence electrons. The monoisotopic (exact) mass is 200 g/mol. The lowest BCUT2D eigenvalue weighted by Crippen LogP contribution is -2.43. The maximum absolute atomic E-state index is 11.1. The molecule has 1 atom stereocenters. The Hall–Kier alpha value is -0.610. The van der Waals surface area contributed by atoms with E-state index in [1.54, 1.807) is 0 Å². The summed E-state index contributed by atoms with van der Waals surface area (Å²) in [5.41, 5.74) is 5.69. The molecule has 4 heteroatoms. The molecule has 1 aliphatic heterocycles. The van der Waals surface area contributed by atoms with Crippen LogP contribution in [0.25, 0.3) is 0 Å². The second-order valence-electron chi connectivity index (χ2n) is 3.84. The number of carbonyl (C=O) groups is 1. The minimum absolute atomic E-state index is 0.311. The van der Waals surface area contributed by atoms with E-state index in [4.69, 9.17) is 5.73 Å². The highest BCUT2D eigenvalue weighted by atomic mass is 16.5. The van der Waals surface area contributed by atoms with Crippen molar-refractivity contribution in [3.8, 4) is 0 Å². The van der Waals surface area contributed by atoms with E-state index in [-0.39, 0.29) is 5.97 Å². The zero-order valence-electron chi connectivity index (χ0n) is 8.87. The summed E-state index contributed by atoms with van der Waals surface area (Å²) < 4.78 is 4.59. The Bertz CT molecular complexity index is 177. The second kappa shape index (κ2) is 5.98. The zero-order chi connectivity index (χ0) is 10.4. The molecule has 0 radical (unpaired) electrons. The topological polar surface area (TPSA) is 55.6 Å². The van der Waals surface area contributed by atoms with Gasteiger partial charge in [-0.25, -0.2) is 0 Å². The predicted molar refractivity (Wildman–Crippen MR) is 54.9 cm³/mol. The molecule has 2 N–H and O–H groups in total. The van der Waals surface area contributed by atoms with Crippen LogP contribution in [0.2, 0.25) is 0 Å². The highest BCUT2D eigenvalue weighted by Crippen LogP contribution is 2.09. The normalized spacial score (nSPS) is 21.3. The van der Waals surface area contributed by atoms with Crippen molar-refractivity contribution in [2.75, 3.05) is 26.7 Å². The van der Waals surface area contributed by atoms with Gasteiger partial charge in [0.1, 0.15) is 6.04 Å². The van der Waals surface area contributed by atoms with Gasteiger partial charge in [0, 0.05) is 6.54 Å².